The van der Waals surface area contributed by atoms with E-state index in [2.05, 4.69) is 6.92 Å². The molecule has 0 radical (unpaired) electrons. The number of aromatic nitrogens is 3. The molecule has 0 fully saturated rings. The van der Waals surface area contributed by atoms with E-state index in [0.717, 1.165) is 23.5 Å². The minimum absolute atomic E-state index is 0.176. The van der Waals surface area contributed by atoms with Crippen molar-refractivity contribution in [3.05, 3.63) is 86.6 Å². The Balaban J connectivity index is 1.92. The van der Waals surface area contributed by atoms with E-state index >= 15 is 0 Å². The highest BCUT2D eigenvalue weighted by atomic mass is 32.1. The van der Waals surface area contributed by atoms with Gasteiger partial charge in [0.2, 0.25) is 0 Å². The van der Waals surface area contributed by atoms with Crippen LogP contribution in [0.1, 0.15) is 19.0 Å². The molecule has 4 aromatic rings. The highest BCUT2D eigenvalue weighted by Crippen LogP contribution is 2.24. The van der Waals surface area contributed by atoms with Gasteiger partial charge in [-0.1, -0.05) is 37.3 Å². The first kappa shape index (κ1) is 20.1. The summed E-state index contributed by atoms with van der Waals surface area (Å²) >= 11 is 1.42. The molecular formula is C23H23FN4OS. The SMILES string of the molecule is CCCn1c(-c2ccccc2F)csc1=Nc1c(C)n(C)n(-c2ccccc2)c1=O. The molecule has 0 aliphatic rings. The Morgan fingerprint density at radius 1 is 1.07 bits per heavy atom. The third-order valence-electron chi connectivity index (χ3n) is 5.13. The second-order valence-corrected chi connectivity index (χ2v) is 7.89. The van der Waals surface area contributed by atoms with Crippen molar-refractivity contribution in [2.45, 2.75) is 26.8 Å². The molecule has 0 N–H and O–H groups in total. The van der Waals surface area contributed by atoms with E-state index in [1.807, 2.05) is 65.0 Å². The van der Waals surface area contributed by atoms with Crippen LogP contribution in [0.2, 0.25) is 0 Å². The Morgan fingerprint density at radius 2 is 1.77 bits per heavy atom. The van der Waals surface area contributed by atoms with Crippen LogP contribution in [0.5, 0.6) is 0 Å². The van der Waals surface area contributed by atoms with Gasteiger partial charge in [0.15, 0.2) is 10.5 Å². The smallest absolute Gasteiger partial charge is 0.297 e. The lowest BCUT2D eigenvalue weighted by atomic mass is 10.1. The summed E-state index contributed by atoms with van der Waals surface area (Å²) in [6, 6.07) is 16.2. The number of hydrogen-bond donors (Lipinski definition) is 0. The van der Waals surface area contributed by atoms with Gasteiger partial charge in [-0.3, -0.25) is 9.48 Å². The van der Waals surface area contributed by atoms with Gasteiger partial charge in [0, 0.05) is 24.5 Å². The fraction of sp³-hybridized carbons (Fsp3) is 0.217. The summed E-state index contributed by atoms with van der Waals surface area (Å²) in [4.78, 5) is 18.6. The van der Waals surface area contributed by atoms with Crippen LogP contribution in [0.4, 0.5) is 10.1 Å². The Bertz CT molecular complexity index is 1310. The first-order valence-corrected chi connectivity index (χ1v) is 10.7. The molecule has 0 atom stereocenters. The van der Waals surface area contributed by atoms with Crippen molar-refractivity contribution >= 4 is 17.0 Å². The normalized spacial score (nSPS) is 11.9. The summed E-state index contributed by atoms with van der Waals surface area (Å²) in [6.07, 6.45) is 0.868. The van der Waals surface area contributed by atoms with Crippen LogP contribution in [0.25, 0.3) is 16.9 Å². The van der Waals surface area contributed by atoms with Gasteiger partial charge in [-0.05, 0) is 37.6 Å². The Morgan fingerprint density at radius 3 is 2.47 bits per heavy atom. The molecule has 0 saturated heterocycles. The lowest BCUT2D eigenvalue weighted by molar-refractivity contribution is 0.622. The average molecular weight is 423 g/mol. The van der Waals surface area contributed by atoms with Crippen molar-refractivity contribution in [3.8, 4) is 16.9 Å². The van der Waals surface area contributed by atoms with Crippen LogP contribution in [-0.4, -0.2) is 13.9 Å². The van der Waals surface area contributed by atoms with Gasteiger partial charge in [-0.15, -0.1) is 11.3 Å². The third-order valence-corrected chi connectivity index (χ3v) is 5.99. The van der Waals surface area contributed by atoms with E-state index in [9.17, 15) is 9.18 Å². The molecular weight excluding hydrogens is 399 g/mol. The summed E-state index contributed by atoms with van der Waals surface area (Å²) < 4.78 is 19.8. The van der Waals surface area contributed by atoms with Crippen LogP contribution < -0.4 is 10.4 Å². The van der Waals surface area contributed by atoms with Crippen molar-refractivity contribution in [3.63, 3.8) is 0 Å². The van der Waals surface area contributed by atoms with Crippen LogP contribution >= 0.6 is 11.3 Å². The van der Waals surface area contributed by atoms with Gasteiger partial charge < -0.3 is 4.57 Å². The monoisotopic (exact) mass is 422 g/mol. The fourth-order valence-corrected chi connectivity index (χ4v) is 4.45. The second-order valence-electron chi connectivity index (χ2n) is 7.06. The van der Waals surface area contributed by atoms with Crippen molar-refractivity contribution in [2.75, 3.05) is 0 Å². The summed E-state index contributed by atoms with van der Waals surface area (Å²) in [5.74, 6) is -0.269. The maximum Gasteiger partial charge on any atom is 0.297 e. The molecule has 2 heterocycles. The van der Waals surface area contributed by atoms with E-state index in [1.54, 1.807) is 16.8 Å². The topological polar surface area (TPSA) is 44.2 Å². The maximum absolute atomic E-state index is 14.4. The molecule has 154 valence electrons. The minimum Gasteiger partial charge on any atom is -0.316 e. The number of hydrogen-bond acceptors (Lipinski definition) is 3. The van der Waals surface area contributed by atoms with E-state index in [0.29, 0.717) is 22.6 Å². The van der Waals surface area contributed by atoms with Crippen LogP contribution in [-0.2, 0) is 13.6 Å². The zero-order chi connectivity index (χ0) is 21.3. The van der Waals surface area contributed by atoms with Crippen LogP contribution in [0, 0.1) is 12.7 Å². The zero-order valence-corrected chi connectivity index (χ0v) is 18.0. The molecule has 0 saturated carbocycles. The summed E-state index contributed by atoms with van der Waals surface area (Å²) in [7, 11) is 1.85. The van der Waals surface area contributed by atoms with Gasteiger partial charge >= 0.3 is 0 Å². The number of nitrogens with zero attached hydrogens (tertiary/aromatic N) is 4. The number of halogens is 1. The Kier molecular flexibility index (Phi) is 5.55. The predicted molar refractivity (Wildman–Crippen MR) is 119 cm³/mol. The molecule has 4 rings (SSSR count). The molecule has 5 nitrogen and oxygen atoms in total. The first-order valence-electron chi connectivity index (χ1n) is 9.85. The van der Waals surface area contributed by atoms with Crippen molar-refractivity contribution in [1.82, 2.24) is 13.9 Å². The predicted octanol–water partition coefficient (Wildman–Crippen LogP) is 4.80. The Hall–Kier alpha value is -3.19. The molecule has 2 aromatic carbocycles. The van der Waals surface area contributed by atoms with E-state index in [4.69, 9.17) is 4.99 Å². The molecule has 30 heavy (non-hydrogen) atoms. The average Bonchev–Trinajstić information content (AvgIpc) is 3.23. The summed E-state index contributed by atoms with van der Waals surface area (Å²) in [6.45, 7) is 4.63. The highest BCUT2D eigenvalue weighted by molar-refractivity contribution is 7.07. The number of rotatable bonds is 5. The van der Waals surface area contributed by atoms with Gasteiger partial charge in [0.1, 0.15) is 5.82 Å². The molecule has 0 unspecified atom stereocenters. The first-order chi connectivity index (χ1) is 14.5. The number of para-hydroxylation sites is 1. The summed E-state index contributed by atoms with van der Waals surface area (Å²) in [5, 5.41) is 1.90. The van der Waals surface area contributed by atoms with Gasteiger partial charge in [0.05, 0.1) is 17.1 Å². The lowest BCUT2D eigenvalue weighted by Crippen LogP contribution is -2.20. The van der Waals surface area contributed by atoms with Gasteiger partial charge in [0.25, 0.3) is 5.56 Å². The Labute approximate surface area is 178 Å². The third kappa shape index (κ3) is 3.45. The van der Waals surface area contributed by atoms with Crippen molar-refractivity contribution in [1.29, 1.82) is 0 Å². The zero-order valence-electron chi connectivity index (χ0n) is 17.2. The van der Waals surface area contributed by atoms with Crippen molar-refractivity contribution < 1.29 is 4.39 Å². The molecule has 0 spiro atoms. The standard InChI is InChI=1S/C23H23FN4OS/c1-4-14-27-20(18-12-8-9-13-19(18)24)15-30-23(27)25-21-16(2)26(3)28(22(21)29)17-10-6-5-7-11-17/h5-13,15H,4,14H2,1-3H3. The molecule has 0 bridgehead atoms. The summed E-state index contributed by atoms with van der Waals surface area (Å²) in [5.41, 5.74) is 3.09. The van der Waals surface area contributed by atoms with Gasteiger partial charge in [-0.25, -0.2) is 14.1 Å². The number of benzene rings is 2. The largest absolute Gasteiger partial charge is 0.316 e. The molecule has 2 aromatic heterocycles. The van der Waals surface area contributed by atoms with E-state index < -0.39 is 0 Å². The molecule has 0 aliphatic carbocycles. The molecule has 0 amide bonds. The minimum atomic E-state index is -0.269. The lowest BCUT2D eigenvalue weighted by Gasteiger charge is -2.08. The van der Waals surface area contributed by atoms with Crippen LogP contribution in [0.15, 0.2) is 69.8 Å². The van der Waals surface area contributed by atoms with E-state index in [1.165, 1.54) is 17.4 Å². The fourth-order valence-electron chi connectivity index (χ4n) is 3.52. The van der Waals surface area contributed by atoms with E-state index in [-0.39, 0.29) is 11.4 Å². The molecule has 0 aliphatic heterocycles. The van der Waals surface area contributed by atoms with Crippen LogP contribution in [0.3, 0.4) is 0 Å². The second kappa shape index (κ2) is 8.28. The van der Waals surface area contributed by atoms with Crippen molar-refractivity contribution in [2.24, 2.45) is 12.0 Å². The van der Waals surface area contributed by atoms with Gasteiger partial charge in [-0.2, -0.15) is 0 Å². The highest BCUT2D eigenvalue weighted by Gasteiger charge is 2.17. The number of thiazole rings is 1. The molecule has 7 heteroatoms. The maximum atomic E-state index is 14.4. The quantitative estimate of drug-likeness (QED) is 0.456.